The first-order valence-electron chi connectivity index (χ1n) is 8.39. The lowest BCUT2D eigenvalue weighted by atomic mass is 10.1. The van der Waals surface area contributed by atoms with E-state index < -0.39 is 11.8 Å². The van der Waals surface area contributed by atoms with Crippen molar-refractivity contribution < 1.29 is 14.3 Å². The summed E-state index contributed by atoms with van der Waals surface area (Å²) in [6.07, 6.45) is 0. The molecule has 0 saturated carbocycles. The molecule has 0 heterocycles. The highest BCUT2D eigenvalue weighted by molar-refractivity contribution is 6.37. The van der Waals surface area contributed by atoms with Crippen LogP contribution < -0.4 is 15.4 Å². The third-order valence-corrected chi connectivity index (χ3v) is 4.78. The molecule has 0 aliphatic heterocycles. The number of ether oxygens (including phenoxy) is 1. The van der Waals surface area contributed by atoms with E-state index in [-0.39, 0.29) is 21.8 Å². The molecule has 0 aliphatic rings. The molecule has 2 N–H and O–H groups in total. The average Bonchev–Trinajstić information content (AvgIpc) is 2.69. The van der Waals surface area contributed by atoms with Gasteiger partial charge in [-0.3, -0.25) is 9.59 Å². The van der Waals surface area contributed by atoms with Crippen molar-refractivity contribution in [3.63, 3.8) is 0 Å². The molecule has 0 fully saturated rings. The predicted molar refractivity (Wildman–Crippen MR) is 117 cm³/mol. The quantitative estimate of drug-likeness (QED) is 0.490. The zero-order chi connectivity index (χ0) is 21.0. The van der Waals surface area contributed by atoms with E-state index >= 15 is 0 Å². The van der Waals surface area contributed by atoms with Crippen LogP contribution in [0.4, 0.5) is 11.4 Å². The monoisotopic (exact) mass is 448 g/mol. The van der Waals surface area contributed by atoms with E-state index in [1.54, 1.807) is 49.6 Å². The molecular formula is C21H15Cl3N2O3. The summed E-state index contributed by atoms with van der Waals surface area (Å²) in [4.78, 5) is 25.4. The molecule has 3 rings (SSSR count). The Morgan fingerprint density at radius 3 is 2.03 bits per heavy atom. The minimum absolute atomic E-state index is 0.201. The number of carbonyl (C=O) groups excluding carboxylic acids is 2. The second-order valence-corrected chi connectivity index (χ2v) is 7.23. The number of amides is 2. The van der Waals surface area contributed by atoms with Gasteiger partial charge in [0.25, 0.3) is 11.8 Å². The van der Waals surface area contributed by atoms with Gasteiger partial charge in [-0.15, -0.1) is 0 Å². The molecule has 0 spiro atoms. The Hall–Kier alpha value is -2.73. The number of hydrogen-bond donors (Lipinski definition) is 2. The van der Waals surface area contributed by atoms with Gasteiger partial charge in [0.05, 0.1) is 28.9 Å². The smallest absolute Gasteiger partial charge is 0.257 e. The first kappa shape index (κ1) is 21.0. The summed E-state index contributed by atoms with van der Waals surface area (Å²) in [6, 6.07) is 16.0. The summed E-state index contributed by atoms with van der Waals surface area (Å²) in [5, 5.41) is 6.42. The minimum Gasteiger partial charge on any atom is -0.497 e. The van der Waals surface area contributed by atoms with E-state index in [9.17, 15) is 9.59 Å². The van der Waals surface area contributed by atoms with Crippen LogP contribution in [-0.2, 0) is 0 Å². The number of halogens is 3. The van der Waals surface area contributed by atoms with Crippen molar-refractivity contribution in [3.8, 4) is 5.75 Å². The maximum absolute atomic E-state index is 12.8. The minimum atomic E-state index is -0.479. The molecule has 0 aliphatic carbocycles. The van der Waals surface area contributed by atoms with Crippen molar-refractivity contribution in [2.45, 2.75) is 0 Å². The summed E-state index contributed by atoms with van der Waals surface area (Å²) in [6.45, 7) is 0. The van der Waals surface area contributed by atoms with Crippen molar-refractivity contribution in [2.24, 2.45) is 0 Å². The van der Waals surface area contributed by atoms with E-state index in [0.29, 0.717) is 21.5 Å². The van der Waals surface area contributed by atoms with Crippen molar-refractivity contribution in [1.82, 2.24) is 0 Å². The molecule has 148 valence electrons. The summed E-state index contributed by atoms with van der Waals surface area (Å²) >= 11 is 18.0. The van der Waals surface area contributed by atoms with Crippen molar-refractivity contribution in [3.05, 3.63) is 86.9 Å². The van der Waals surface area contributed by atoms with Gasteiger partial charge in [-0.1, -0.05) is 34.8 Å². The van der Waals surface area contributed by atoms with E-state index in [1.165, 1.54) is 18.2 Å². The van der Waals surface area contributed by atoms with Crippen LogP contribution in [0.5, 0.6) is 5.75 Å². The molecule has 0 aromatic heterocycles. The Bertz CT molecular complexity index is 1070. The van der Waals surface area contributed by atoms with Crippen LogP contribution in [0.15, 0.2) is 60.7 Å². The molecule has 8 heteroatoms. The lowest BCUT2D eigenvalue weighted by molar-refractivity contribution is 0.102. The second-order valence-electron chi connectivity index (χ2n) is 5.95. The summed E-state index contributed by atoms with van der Waals surface area (Å²) in [7, 11) is 1.56. The van der Waals surface area contributed by atoms with Gasteiger partial charge in [0.15, 0.2) is 0 Å². The van der Waals surface area contributed by atoms with Crippen LogP contribution >= 0.6 is 34.8 Å². The fourth-order valence-electron chi connectivity index (χ4n) is 2.55. The highest BCUT2D eigenvalue weighted by Crippen LogP contribution is 2.26. The zero-order valence-corrected chi connectivity index (χ0v) is 17.4. The number of carbonyl (C=O) groups is 2. The SMILES string of the molecule is COc1ccc(NC(=O)c2cc(Cl)ccc2NC(=O)c2ccc(Cl)cc2Cl)cc1. The normalized spacial score (nSPS) is 10.3. The van der Waals surface area contributed by atoms with Gasteiger partial charge in [-0.25, -0.2) is 0 Å². The van der Waals surface area contributed by atoms with Gasteiger partial charge in [0.1, 0.15) is 5.75 Å². The molecule has 0 saturated heterocycles. The molecule has 2 amide bonds. The third kappa shape index (κ3) is 5.21. The van der Waals surface area contributed by atoms with Gasteiger partial charge < -0.3 is 15.4 Å². The molecule has 0 atom stereocenters. The highest BCUT2D eigenvalue weighted by atomic mass is 35.5. The van der Waals surface area contributed by atoms with Gasteiger partial charge in [0.2, 0.25) is 0 Å². The molecule has 29 heavy (non-hydrogen) atoms. The number of benzene rings is 3. The second kappa shape index (κ2) is 9.18. The van der Waals surface area contributed by atoms with Crippen molar-refractivity contribution in [2.75, 3.05) is 17.7 Å². The number of anilines is 2. The molecule has 0 unspecified atom stereocenters. The molecule has 0 bridgehead atoms. The Balaban J connectivity index is 1.84. The number of nitrogens with one attached hydrogen (secondary N) is 2. The first-order valence-corrected chi connectivity index (χ1v) is 9.52. The first-order chi connectivity index (χ1) is 13.9. The predicted octanol–water partition coefficient (Wildman–Crippen LogP) is 6.16. The van der Waals surface area contributed by atoms with E-state index in [2.05, 4.69) is 10.6 Å². The Morgan fingerprint density at radius 2 is 1.38 bits per heavy atom. The Labute approximate surface area is 182 Å². The van der Waals surface area contributed by atoms with Crippen LogP contribution in [0.3, 0.4) is 0 Å². The van der Waals surface area contributed by atoms with E-state index in [4.69, 9.17) is 39.5 Å². The standard InChI is InChI=1S/C21H15Cl3N2O3/c1-29-15-6-4-14(5-7-15)25-21(28)17-10-12(22)3-9-19(17)26-20(27)16-8-2-13(23)11-18(16)24/h2-11H,1H3,(H,25,28)(H,26,27). The number of methoxy groups -OCH3 is 1. The van der Waals surface area contributed by atoms with Crippen molar-refractivity contribution in [1.29, 1.82) is 0 Å². The summed E-state index contributed by atoms with van der Waals surface area (Å²) in [5.74, 6) is -0.249. The van der Waals surface area contributed by atoms with Gasteiger partial charge in [-0.2, -0.15) is 0 Å². The number of hydrogen-bond acceptors (Lipinski definition) is 3. The number of rotatable bonds is 5. The van der Waals surface area contributed by atoms with Gasteiger partial charge in [-0.05, 0) is 60.7 Å². The zero-order valence-electron chi connectivity index (χ0n) is 15.1. The Morgan fingerprint density at radius 1 is 0.759 bits per heavy atom. The third-order valence-electron chi connectivity index (χ3n) is 4.00. The molecule has 5 nitrogen and oxygen atoms in total. The highest BCUT2D eigenvalue weighted by Gasteiger charge is 2.17. The molecule has 0 radical (unpaired) electrons. The van der Waals surface area contributed by atoms with Crippen LogP contribution in [0.2, 0.25) is 15.1 Å². The fraction of sp³-hybridized carbons (Fsp3) is 0.0476. The van der Waals surface area contributed by atoms with Crippen molar-refractivity contribution >= 4 is 58.0 Å². The lowest BCUT2D eigenvalue weighted by Gasteiger charge is -2.13. The fourth-order valence-corrected chi connectivity index (χ4v) is 3.22. The van der Waals surface area contributed by atoms with Crippen LogP contribution in [0.1, 0.15) is 20.7 Å². The van der Waals surface area contributed by atoms with Gasteiger partial charge >= 0.3 is 0 Å². The average molecular weight is 450 g/mol. The van der Waals surface area contributed by atoms with Gasteiger partial charge in [0, 0.05) is 15.7 Å². The largest absolute Gasteiger partial charge is 0.497 e. The lowest BCUT2D eigenvalue weighted by Crippen LogP contribution is -2.18. The molecular weight excluding hydrogens is 435 g/mol. The Kier molecular flexibility index (Phi) is 6.64. The summed E-state index contributed by atoms with van der Waals surface area (Å²) < 4.78 is 5.10. The summed E-state index contributed by atoms with van der Waals surface area (Å²) in [5.41, 5.74) is 1.28. The maximum atomic E-state index is 12.8. The van der Waals surface area contributed by atoms with E-state index in [1.807, 2.05) is 0 Å². The maximum Gasteiger partial charge on any atom is 0.257 e. The van der Waals surface area contributed by atoms with Crippen LogP contribution in [-0.4, -0.2) is 18.9 Å². The topological polar surface area (TPSA) is 67.4 Å². The molecule has 3 aromatic rings. The molecule has 3 aromatic carbocycles. The van der Waals surface area contributed by atoms with E-state index in [0.717, 1.165) is 0 Å². The van der Waals surface area contributed by atoms with Crippen LogP contribution in [0, 0.1) is 0 Å². The van der Waals surface area contributed by atoms with Crippen LogP contribution in [0.25, 0.3) is 0 Å².